The van der Waals surface area contributed by atoms with Gasteiger partial charge in [0.2, 0.25) is 0 Å². The van der Waals surface area contributed by atoms with Crippen LogP contribution in [0.4, 0.5) is 0 Å². The lowest BCUT2D eigenvalue weighted by Crippen LogP contribution is -2.40. The van der Waals surface area contributed by atoms with Crippen LogP contribution in [-0.2, 0) is 9.53 Å². The van der Waals surface area contributed by atoms with Crippen LogP contribution >= 0.6 is 0 Å². The minimum atomic E-state index is -0.542. The second kappa shape index (κ2) is 5.59. The van der Waals surface area contributed by atoms with Gasteiger partial charge < -0.3 is 10.5 Å². The maximum atomic E-state index is 11.7. The molecule has 0 fully saturated rings. The maximum Gasteiger partial charge on any atom is 0.306 e. The highest BCUT2D eigenvalue weighted by Gasteiger charge is 2.30. The molecule has 106 valence electrons. The minimum absolute atomic E-state index is 0.145. The zero-order valence-electron chi connectivity index (χ0n) is 12.1. The van der Waals surface area contributed by atoms with Crippen LogP contribution < -0.4 is 5.73 Å². The number of ether oxygens (including phenoxy) is 1. The summed E-state index contributed by atoms with van der Waals surface area (Å²) in [7, 11) is 1.39. The number of methoxy groups -OCH3 is 1. The van der Waals surface area contributed by atoms with Gasteiger partial charge in [0, 0.05) is 29.2 Å². The molecule has 2 aromatic rings. The molecule has 2 rings (SSSR count). The minimum Gasteiger partial charge on any atom is -0.469 e. The van der Waals surface area contributed by atoms with E-state index in [1.807, 2.05) is 44.3 Å². The molecule has 1 atom stereocenters. The Morgan fingerprint density at radius 3 is 2.70 bits per heavy atom. The first-order chi connectivity index (χ1) is 9.43. The lowest BCUT2D eigenvalue weighted by molar-refractivity contribution is -0.141. The highest BCUT2D eigenvalue weighted by molar-refractivity contribution is 5.86. The summed E-state index contributed by atoms with van der Waals surface area (Å²) in [5.41, 5.74) is 6.72. The van der Waals surface area contributed by atoms with Gasteiger partial charge in [-0.15, -0.1) is 0 Å². The summed E-state index contributed by atoms with van der Waals surface area (Å²) in [6.07, 6.45) is 3.86. The van der Waals surface area contributed by atoms with Crippen molar-refractivity contribution in [3.8, 4) is 0 Å². The third kappa shape index (κ3) is 2.96. The molecule has 0 aliphatic carbocycles. The van der Waals surface area contributed by atoms with Gasteiger partial charge in [-0.1, -0.05) is 24.3 Å². The van der Waals surface area contributed by atoms with E-state index < -0.39 is 5.54 Å². The van der Waals surface area contributed by atoms with Crippen LogP contribution in [0.25, 0.3) is 10.8 Å². The van der Waals surface area contributed by atoms with E-state index in [1.165, 1.54) is 7.11 Å². The van der Waals surface area contributed by atoms with Gasteiger partial charge in [-0.2, -0.15) is 0 Å². The van der Waals surface area contributed by atoms with Crippen LogP contribution in [0.2, 0.25) is 0 Å². The first-order valence-corrected chi connectivity index (χ1v) is 6.62. The third-order valence-electron chi connectivity index (χ3n) is 3.57. The summed E-state index contributed by atoms with van der Waals surface area (Å²) in [5, 5.41) is 2.12. The zero-order valence-corrected chi connectivity index (χ0v) is 12.1. The molecule has 0 bridgehead atoms. The number of nitrogens with two attached hydrogens (primary N) is 1. The van der Waals surface area contributed by atoms with Crippen molar-refractivity contribution in [2.24, 2.45) is 5.73 Å². The normalized spacial score (nSPS) is 13.2. The van der Waals surface area contributed by atoms with Crippen molar-refractivity contribution in [3.05, 3.63) is 42.2 Å². The SMILES string of the molecule is COC(=O)CC(c1cncc2ccccc12)C(C)(C)N. The molecule has 0 amide bonds. The highest BCUT2D eigenvalue weighted by Crippen LogP contribution is 2.34. The van der Waals surface area contributed by atoms with Gasteiger partial charge in [0.15, 0.2) is 0 Å². The second-order valence-electron chi connectivity index (χ2n) is 5.60. The third-order valence-corrected chi connectivity index (χ3v) is 3.57. The molecule has 1 unspecified atom stereocenters. The van der Waals surface area contributed by atoms with Crippen molar-refractivity contribution < 1.29 is 9.53 Å². The number of hydrogen-bond acceptors (Lipinski definition) is 4. The second-order valence-corrected chi connectivity index (χ2v) is 5.60. The van der Waals surface area contributed by atoms with Crippen LogP contribution in [-0.4, -0.2) is 23.6 Å². The van der Waals surface area contributed by atoms with Gasteiger partial charge in [0.1, 0.15) is 0 Å². The molecule has 0 saturated carbocycles. The monoisotopic (exact) mass is 272 g/mol. The number of hydrogen-bond donors (Lipinski definition) is 1. The number of carbonyl (C=O) groups is 1. The van der Waals surface area contributed by atoms with Crippen molar-refractivity contribution in [2.75, 3.05) is 7.11 Å². The number of benzene rings is 1. The Hall–Kier alpha value is -1.94. The first-order valence-electron chi connectivity index (χ1n) is 6.62. The Bertz CT molecular complexity index is 612. The van der Waals surface area contributed by atoms with Crippen molar-refractivity contribution in [1.82, 2.24) is 4.98 Å². The van der Waals surface area contributed by atoms with Crippen molar-refractivity contribution >= 4 is 16.7 Å². The summed E-state index contributed by atoms with van der Waals surface area (Å²) in [6, 6.07) is 7.98. The lowest BCUT2D eigenvalue weighted by atomic mass is 9.79. The van der Waals surface area contributed by atoms with Crippen LogP contribution in [0.15, 0.2) is 36.7 Å². The molecule has 0 spiro atoms. The molecule has 4 heteroatoms. The van der Waals surface area contributed by atoms with E-state index in [-0.39, 0.29) is 18.3 Å². The molecule has 1 heterocycles. The Morgan fingerprint density at radius 1 is 1.35 bits per heavy atom. The Morgan fingerprint density at radius 2 is 2.05 bits per heavy atom. The van der Waals surface area contributed by atoms with Crippen molar-refractivity contribution in [3.63, 3.8) is 0 Å². The fourth-order valence-electron chi connectivity index (χ4n) is 2.44. The van der Waals surface area contributed by atoms with Gasteiger partial charge in [0.05, 0.1) is 13.5 Å². The summed E-state index contributed by atoms with van der Waals surface area (Å²) >= 11 is 0. The number of rotatable bonds is 4. The van der Waals surface area contributed by atoms with Gasteiger partial charge >= 0.3 is 5.97 Å². The molecule has 2 N–H and O–H groups in total. The predicted molar refractivity (Wildman–Crippen MR) is 79.4 cm³/mol. The van der Waals surface area contributed by atoms with E-state index in [0.29, 0.717) is 0 Å². The van der Waals surface area contributed by atoms with Crippen LogP contribution in [0.3, 0.4) is 0 Å². The highest BCUT2D eigenvalue weighted by atomic mass is 16.5. The number of fused-ring (bicyclic) bond motifs is 1. The van der Waals surface area contributed by atoms with E-state index in [4.69, 9.17) is 10.5 Å². The Balaban J connectivity index is 2.54. The number of esters is 1. The summed E-state index contributed by atoms with van der Waals surface area (Å²) < 4.78 is 4.79. The smallest absolute Gasteiger partial charge is 0.306 e. The largest absolute Gasteiger partial charge is 0.469 e. The quantitative estimate of drug-likeness (QED) is 0.869. The summed E-state index contributed by atoms with van der Waals surface area (Å²) in [6.45, 7) is 3.84. The van der Waals surface area contributed by atoms with E-state index in [0.717, 1.165) is 16.3 Å². The molecular weight excluding hydrogens is 252 g/mol. The summed E-state index contributed by atoms with van der Waals surface area (Å²) in [4.78, 5) is 16.0. The molecular formula is C16H20N2O2. The van der Waals surface area contributed by atoms with E-state index in [1.54, 1.807) is 6.20 Å². The number of aromatic nitrogens is 1. The topological polar surface area (TPSA) is 65.2 Å². The Labute approximate surface area is 119 Å². The van der Waals surface area contributed by atoms with Gasteiger partial charge in [-0.05, 0) is 24.8 Å². The molecule has 4 nitrogen and oxygen atoms in total. The standard InChI is InChI=1S/C16H20N2O2/c1-16(2,17)14(8-15(19)20-3)13-10-18-9-11-6-4-5-7-12(11)13/h4-7,9-10,14H,8,17H2,1-3H3. The first kappa shape index (κ1) is 14.5. The van der Waals surface area contributed by atoms with E-state index in [2.05, 4.69) is 4.98 Å². The van der Waals surface area contributed by atoms with Crippen LogP contribution in [0.5, 0.6) is 0 Å². The fourth-order valence-corrected chi connectivity index (χ4v) is 2.44. The van der Waals surface area contributed by atoms with Crippen molar-refractivity contribution in [1.29, 1.82) is 0 Å². The van der Waals surface area contributed by atoms with E-state index in [9.17, 15) is 4.79 Å². The fraction of sp³-hybridized carbons (Fsp3) is 0.375. The maximum absolute atomic E-state index is 11.7. The lowest BCUT2D eigenvalue weighted by Gasteiger charge is -2.30. The zero-order chi connectivity index (χ0) is 14.8. The van der Waals surface area contributed by atoms with Gasteiger partial charge in [0.25, 0.3) is 0 Å². The summed E-state index contributed by atoms with van der Waals surface area (Å²) in [5.74, 6) is -0.407. The van der Waals surface area contributed by atoms with Gasteiger partial charge in [-0.25, -0.2) is 0 Å². The molecule has 0 radical (unpaired) electrons. The van der Waals surface area contributed by atoms with E-state index >= 15 is 0 Å². The number of pyridine rings is 1. The molecule has 20 heavy (non-hydrogen) atoms. The average molecular weight is 272 g/mol. The molecule has 1 aromatic carbocycles. The van der Waals surface area contributed by atoms with Crippen LogP contribution in [0, 0.1) is 0 Å². The molecule has 1 aromatic heterocycles. The van der Waals surface area contributed by atoms with Crippen LogP contribution in [0.1, 0.15) is 31.7 Å². The molecule has 0 aliphatic rings. The Kier molecular flexibility index (Phi) is 4.04. The predicted octanol–water partition coefficient (Wildman–Crippen LogP) is 2.62. The van der Waals surface area contributed by atoms with Crippen molar-refractivity contribution in [2.45, 2.75) is 31.7 Å². The molecule has 0 aliphatic heterocycles. The number of nitrogens with zero attached hydrogens (tertiary/aromatic N) is 1. The van der Waals surface area contributed by atoms with Gasteiger partial charge in [-0.3, -0.25) is 9.78 Å². The average Bonchev–Trinajstić information content (AvgIpc) is 2.43. The number of carbonyl (C=O) groups excluding carboxylic acids is 1. The molecule has 0 saturated heterocycles.